The first kappa shape index (κ1) is 27.8. The van der Waals surface area contributed by atoms with E-state index in [1.165, 1.54) is 34.4 Å². The van der Waals surface area contributed by atoms with Crippen LogP contribution in [-0.2, 0) is 17.2 Å². The second kappa shape index (κ2) is 13.5. The molecule has 1 nitrogen and oxygen atoms in total. The van der Waals surface area contributed by atoms with Crippen molar-refractivity contribution < 1.29 is 17.2 Å². The van der Waals surface area contributed by atoms with E-state index in [0.717, 1.165) is 22.6 Å². The minimum Gasteiger partial charge on any atom is -0.358 e. The molecule has 0 amide bonds. The summed E-state index contributed by atoms with van der Waals surface area (Å²) in [6.07, 6.45) is 4.79. The Morgan fingerprint density at radius 3 is 2.06 bits per heavy atom. The molecule has 35 heavy (non-hydrogen) atoms. The number of fused-ring (bicyclic) bond motifs is 2. The molecule has 4 heteroatoms. The minimum atomic E-state index is -0.202. The van der Waals surface area contributed by atoms with Gasteiger partial charge >= 0.3 is 30.6 Å². The Labute approximate surface area is 229 Å². The van der Waals surface area contributed by atoms with Crippen LogP contribution in [0.15, 0.2) is 97.2 Å². The van der Waals surface area contributed by atoms with Crippen molar-refractivity contribution in [3.63, 3.8) is 0 Å². The van der Waals surface area contributed by atoms with Gasteiger partial charge in [0.1, 0.15) is 0 Å². The molecular formula is C31H32BrNPPd-. The van der Waals surface area contributed by atoms with Crippen LogP contribution in [0.25, 0.3) is 32.8 Å². The van der Waals surface area contributed by atoms with Gasteiger partial charge in [0.2, 0.25) is 0 Å². The van der Waals surface area contributed by atoms with Crippen molar-refractivity contribution in [2.24, 2.45) is 0 Å². The third kappa shape index (κ3) is 6.34. The van der Waals surface area contributed by atoms with Gasteiger partial charge in [-0.3, -0.25) is 0 Å². The molecule has 0 saturated carbocycles. The van der Waals surface area contributed by atoms with E-state index in [1.807, 2.05) is 18.3 Å². The summed E-state index contributed by atoms with van der Waals surface area (Å²) in [4.78, 5) is 4.60. The summed E-state index contributed by atoms with van der Waals surface area (Å²) in [5.74, 6) is 0. The summed E-state index contributed by atoms with van der Waals surface area (Å²) in [5, 5.41) is 6.45. The fourth-order valence-electron chi connectivity index (χ4n) is 5.11. The molecule has 1 fully saturated rings. The summed E-state index contributed by atoms with van der Waals surface area (Å²) < 4.78 is 0. The van der Waals surface area contributed by atoms with E-state index in [2.05, 4.69) is 134 Å². The molecule has 2 heterocycles. The van der Waals surface area contributed by atoms with Gasteiger partial charge in [0, 0.05) is 6.20 Å². The first-order valence-electron chi connectivity index (χ1n) is 11.7. The fourth-order valence-corrected chi connectivity index (χ4v) is 8.75. The van der Waals surface area contributed by atoms with Crippen LogP contribution < -0.4 is 5.30 Å². The van der Waals surface area contributed by atoms with Crippen LogP contribution in [0, 0.1) is 13.5 Å². The average Bonchev–Trinajstić information content (AvgIpc) is 3.54. The molecule has 0 radical (unpaired) electrons. The van der Waals surface area contributed by atoms with Crippen LogP contribution in [0.5, 0.6) is 0 Å². The molecule has 1 aliphatic rings. The average molecular weight is 636 g/mol. The van der Waals surface area contributed by atoms with Gasteiger partial charge in [-0.1, -0.05) is 53.9 Å². The van der Waals surface area contributed by atoms with Crippen LogP contribution in [0.3, 0.4) is 0 Å². The number of benzene rings is 3. The van der Waals surface area contributed by atoms with Crippen LogP contribution in [0.2, 0.25) is 0 Å². The molecule has 1 aliphatic heterocycles. The van der Waals surface area contributed by atoms with E-state index in [0.29, 0.717) is 0 Å². The maximum Gasteiger partial charge on any atom is 0.0167 e. The summed E-state index contributed by atoms with van der Waals surface area (Å²) in [6.45, 7) is 4.87. The van der Waals surface area contributed by atoms with Gasteiger partial charge in [-0.05, 0) is 62.4 Å². The van der Waals surface area contributed by atoms with Crippen molar-refractivity contribution >= 4 is 48.2 Å². The zero-order chi connectivity index (χ0) is 23.9. The van der Waals surface area contributed by atoms with Gasteiger partial charge < -0.3 is 12.4 Å². The van der Waals surface area contributed by atoms with Crippen molar-refractivity contribution in [2.75, 3.05) is 0 Å². The maximum absolute atomic E-state index is 4.60. The molecule has 1 saturated heterocycles. The number of hydrogen-bond acceptors (Lipinski definition) is 1. The number of halogens is 1. The zero-order valence-corrected chi connectivity index (χ0v) is 24.6. The van der Waals surface area contributed by atoms with E-state index in [1.54, 1.807) is 5.30 Å². The number of pyridine rings is 1. The Morgan fingerprint density at radius 2 is 1.40 bits per heavy atom. The van der Waals surface area contributed by atoms with Crippen molar-refractivity contribution in [1.29, 1.82) is 0 Å². The maximum atomic E-state index is 4.60. The van der Waals surface area contributed by atoms with E-state index < -0.39 is 0 Å². The summed E-state index contributed by atoms with van der Waals surface area (Å²) in [7, 11) is -0.202. The van der Waals surface area contributed by atoms with Gasteiger partial charge in [0.25, 0.3) is 0 Å². The van der Waals surface area contributed by atoms with Crippen LogP contribution in [0.1, 0.15) is 26.7 Å². The van der Waals surface area contributed by atoms with Gasteiger partial charge in [0.05, 0.1) is 11.3 Å². The van der Waals surface area contributed by atoms with Crippen molar-refractivity contribution in [1.82, 2.24) is 4.98 Å². The predicted octanol–water partition coefficient (Wildman–Crippen LogP) is 8.96. The van der Waals surface area contributed by atoms with Gasteiger partial charge in [-0.25, -0.2) is 12.1 Å². The third-order valence-electron chi connectivity index (χ3n) is 6.72. The second-order valence-electron chi connectivity index (χ2n) is 8.83. The Kier molecular flexibility index (Phi) is 10.8. The molecule has 2 unspecified atom stereocenters. The minimum absolute atomic E-state index is 0. The molecule has 0 N–H and O–H groups in total. The molecule has 4 aromatic carbocycles. The molecule has 0 spiro atoms. The SMILES string of the molecule is CC1CC[C@@H](C)[PH+]1[c-]1cccc1.[Br][Pd+].[CH3-].[c-]1ccc2ccccc2c1-c1nccc2ccccc12. The molecule has 184 valence electrons. The standard InChI is InChI=1S/C19H12N.C11H17P.CH3.BrH.Pd/c1-3-9-16-14(6-1)8-5-11-18(16)19-17-10-4-2-7-15(17)12-13-20-19;1-9-7-8-10(2)12(9)11-5-3-4-6-11;;;/h1-10,12-13H;3-6,9-10,12H,7-8H2,1-2H3;1H3;1H;/q-1;;-1;;+2/p-1/t;9-,10?;;;/m.1.../s1. The molecule has 6 rings (SSSR count). The van der Waals surface area contributed by atoms with Crippen LogP contribution >= 0.6 is 21.4 Å². The summed E-state index contributed by atoms with van der Waals surface area (Å²) in [6, 6.07) is 35.2. The van der Waals surface area contributed by atoms with E-state index in [-0.39, 0.29) is 15.3 Å². The first-order valence-corrected chi connectivity index (χ1v) is 16.9. The third-order valence-corrected chi connectivity index (χ3v) is 10.4. The Hall–Kier alpha value is -1.75. The monoisotopic (exact) mass is 634 g/mol. The van der Waals surface area contributed by atoms with Gasteiger partial charge in [0.15, 0.2) is 0 Å². The molecule has 0 aliphatic carbocycles. The molecule has 0 bridgehead atoms. The van der Waals surface area contributed by atoms with Crippen molar-refractivity contribution in [3.05, 3.63) is 111 Å². The summed E-state index contributed by atoms with van der Waals surface area (Å²) in [5.41, 5.74) is 4.06. The largest absolute Gasteiger partial charge is 0.358 e. The quantitative estimate of drug-likeness (QED) is 0.107. The van der Waals surface area contributed by atoms with Crippen LogP contribution in [0.4, 0.5) is 0 Å². The normalized spacial score (nSPS) is 18.7. The molecule has 1 aromatic heterocycles. The topological polar surface area (TPSA) is 12.9 Å². The molecular weight excluding hydrogens is 604 g/mol. The Bertz CT molecular complexity index is 1240. The van der Waals surface area contributed by atoms with E-state index >= 15 is 0 Å². The number of rotatable bonds is 2. The van der Waals surface area contributed by atoms with E-state index in [9.17, 15) is 0 Å². The Morgan fingerprint density at radius 1 is 0.829 bits per heavy atom. The molecule has 3 atom stereocenters. The second-order valence-corrected chi connectivity index (χ2v) is 12.3. The molecule has 5 aromatic rings. The van der Waals surface area contributed by atoms with Gasteiger partial charge in [-0.15, -0.1) is 41.3 Å². The van der Waals surface area contributed by atoms with Crippen molar-refractivity contribution in [2.45, 2.75) is 38.0 Å². The summed E-state index contributed by atoms with van der Waals surface area (Å²) >= 11 is 5.35. The smallest absolute Gasteiger partial charge is 0.0167 e. The zero-order valence-electron chi connectivity index (χ0n) is 20.4. The number of hydrogen-bond donors (Lipinski definition) is 0. The van der Waals surface area contributed by atoms with Crippen molar-refractivity contribution in [3.8, 4) is 11.3 Å². The van der Waals surface area contributed by atoms with Crippen LogP contribution in [-0.4, -0.2) is 16.3 Å². The number of nitrogens with zero attached hydrogens (tertiary/aromatic N) is 1. The predicted molar refractivity (Wildman–Crippen MR) is 157 cm³/mol. The number of aromatic nitrogens is 1. The van der Waals surface area contributed by atoms with Gasteiger partial charge in [-0.2, -0.15) is 0 Å². The Balaban J connectivity index is 0.000000197. The fraction of sp³-hybridized carbons (Fsp3) is 0.194. The first-order chi connectivity index (χ1) is 16.7. The van der Waals surface area contributed by atoms with E-state index in [4.69, 9.17) is 0 Å².